The molecule has 0 radical (unpaired) electrons. The van der Waals surface area contributed by atoms with Crippen molar-refractivity contribution in [3.8, 4) is 5.75 Å². The number of carbonyl (C=O) groups is 1. The first-order chi connectivity index (χ1) is 12.0. The maximum absolute atomic E-state index is 12.4. The zero-order valence-corrected chi connectivity index (χ0v) is 13.2. The summed E-state index contributed by atoms with van der Waals surface area (Å²) in [6, 6.07) is 17.1. The first-order valence-electron chi connectivity index (χ1n) is 7.49. The molecule has 0 amide bonds. The van der Waals surface area contributed by atoms with Gasteiger partial charge in [-0.25, -0.2) is 4.79 Å². The standard InChI is InChI=1S/C19H16N4O2/c20-17(21)13-6-5-12-10-14(8-7-11(12)9-13)25-19(24)16-4-2-1-3-15(16)18(22)23/h1-10H,(H3,20,21)(H3,22,23). The Morgan fingerprint density at radius 2 is 1.44 bits per heavy atom. The third-order valence-corrected chi connectivity index (χ3v) is 3.77. The van der Waals surface area contributed by atoms with E-state index in [9.17, 15) is 4.79 Å². The van der Waals surface area contributed by atoms with Crippen LogP contribution in [0.3, 0.4) is 0 Å². The molecule has 6 heteroatoms. The summed E-state index contributed by atoms with van der Waals surface area (Å²) in [6.07, 6.45) is 0. The van der Waals surface area contributed by atoms with Gasteiger partial charge in [-0.3, -0.25) is 10.8 Å². The molecule has 0 atom stereocenters. The molecule has 3 aromatic rings. The highest BCUT2D eigenvalue weighted by Crippen LogP contribution is 2.23. The van der Waals surface area contributed by atoms with Crippen LogP contribution in [0.5, 0.6) is 5.75 Å². The molecule has 6 nitrogen and oxygen atoms in total. The molecule has 6 N–H and O–H groups in total. The molecular weight excluding hydrogens is 316 g/mol. The Balaban J connectivity index is 1.90. The Morgan fingerprint density at radius 3 is 2.12 bits per heavy atom. The van der Waals surface area contributed by atoms with Gasteiger partial charge in [-0.05, 0) is 35.0 Å². The van der Waals surface area contributed by atoms with E-state index in [2.05, 4.69) is 0 Å². The van der Waals surface area contributed by atoms with Crippen LogP contribution in [0.4, 0.5) is 0 Å². The van der Waals surface area contributed by atoms with Gasteiger partial charge in [0.25, 0.3) is 0 Å². The minimum absolute atomic E-state index is 0.00163. The highest BCUT2D eigenvalue weighted by molar-refractivity contribution is 6.06. The molecular formula is C19H16N4O2. The maximum atomic E-state index is 12.4. The van der Waals surface area contributed by atoms with E-state index in [0.717, 1.165) is 10.8 Å². The zero-order valence-electron chi connectivity index (χ0n) is 13.2. The first kappa shape index (κ1) is 16.2. The highest BCUT2D eigenvalue weighted by Gasteiger charge is 2.15. The lowest BCUT2D eigenvalue weighted by atomic mass is 10.1. The molecule has 3 aromatic carbocycles. The number of nitrogens with one attached hydrogen (secondary N) is 2. The highest BCUT2D eigenvalue weighted by atomic mass is 16.5. The van der Waals surface area contributed by atoms with E-state index in [4.69, 9.17) is 27.0 Å². The van der Waals surface area contributed by atoms with Gasteiger partial charge < -0.3 is 16.2 Å². The van der Waals surface area contributed by atoms with Crippen molar-refractivity contribution in [2.45, 2.75) is 0 Å². The van der Waals surface area contributed by atoms with Crippen LogP contribution in [0.15, 0.2) is 60.7 Å². The van der Waals surface area contributed by atoms with Crippen molar-refractivity contribution in [2.24, 2.45) is 11.5 Å². The van der Waals surface area contributed by atoms with E-state index >= 15 is 0 Å². The van der Waals surface area contributed by atoms with Crippen LogP contribution in [0, 0.1) is 10.8 Å². The third kappa shape index (κ3) is 3.32. The van der Waals surface area contributed by atoms with E-state index in [1.807, 2.05) is 6.07 Å². The molecule has 0 aliphatic rings. The molecule has 0 heterocycles. The van der Waals surface area contributed by atoms with Crippen LogP contribution in [-0.2, 0) is 0 Å². The molecule has 0 bridgehead atoms. The molecule has 124 valence electrons. The van der Waals surface area contributed by atoms with Gasteiger partial charge in [0.2, 0.25) is 0 Å². The SMILES string of the molecule is N=C(N)c1ccc2cc(OC(=O)c3ccccc3C(=N)N)ccc2c1. The average Bonchev–Trinajstić information content (AvgIpc) is 2.61. The largest absolute Gasteiger partial charge is 0.423 e. The Hall–Kier alpha value is -3.67. The Labute approximate surface area is 144 Å². The van der Waals surface area contributed by atoms with E-state index < -0.39 is 5.97 Å². The second kappa shape index (κ2) is 6.45. The van der Waals surface area contributed by atoms with E-state index in [0.29, 0.717) is 16.9 Å². The van der Waals surface area contributed by atoms with Crippen LogP contribution in [0.25, 0.3) is 10.8 Å². The number of nitrogens with two attached hydrogens (primary N) is 2. The summed E-state index contributed by atoms with van der Waals surface area (Å²) >= 11 is 0. The fraction of sp³-hybridized carbons (Fsp3) is 0. The van der Waals surface area contributed by atoms with E-state index in [-0.39, 0.29) is 17.2 Å². The Morgan fingerprint density at radius 1 is 0.800 bits per heavy atom. The number of hydrogen-bond donors (Lipinski definition) is 4. The number of hydrogen-bond acceptors (Lipinski definition) is 4. The zero-order chi connectivity index (χ0) is 18.0. The predicted octanol–water partition coefficient (Wildman–Crippen LogP) is 2.63. The monoisotopic (exact) mass is 332 g/mol. The molecule has 0 fully saturated rings. The predicted molar refractivity (Wildman–Crippen MR) is 97.4 cm³/mol. The second-order valence-electron chi connectivity index (χ2n) is 5.49. The van der Waals surface area contributed by atoms with Gasteiger partial charge in [0, 0.05) is 11.1 Å². The summed E-state index contributed by atoms with van der Waals surface area (Å²) in [5.41, 5.74) is 12.2. The Bertz CT molecular complexity index is 1010. The number of esters is 1. The van der Waals surface area contributed by atoms with Crippen LogP contribution >= 0.6 is 0 Å². The van der Waals surface area contributed by atoms with Crippen molar-refractivity contribution >= 4 is 28.4 Å². The summed E-state index contributed by atoms with van der Waals surface area (Å²) in [6.45, 7) is 0. The lowest BCUT2D eigenvalue weighted by Crippen LogP contribution is -2.18. The molecule has 25 heavy (non-hydrogen) atoms. The van der Waals surface area contributed by atoms with Crippen molar-refractivity contribution in [1.82, 2.24) is 0 Å². The van der Waals surface area contributed by atoms with Crippen molar-refractivity contribution in [3.63, 3.8) is 0 Å². The molecule has 0 spiro atoms. The number of carbonyl (C=O) groups excluding carboxylic acids is 1. The van der Waals surface area contributed by atoms with Gasteiger partial charge in [0.1, 0.15) is 17.4 Å². The average molecular weight is 332 g/mol. The van der Waals surface area contributed by atoms with Gasteiger partial charge in [-0.1, -0.05) is 36.4 Å². The van der Waals surface area contributed by atoms with E-state index in [1.165, 1.54) is 0 Å². The number of fused-ring (bicyclic) bond motifs is 1. The van der Waals surface area contributed by atoms with Crippen molar-refractivity contribution in [2.75, 3.05) is 0 Å². The summed E-state index contributed by atoms with van der Waals surface area (Å²) in [7, 11) is 0. The van der Waals surface area contributed by atoms with Crippen molar-refractivity contribution in [3.05, 3.63) is 77.4 Å². The summed E-state index contributed by atoms with van der Waals surface area (Å²) in [5.74, 6) is -0.391. The van der Waals surface area contributed by atoms with Crippen LogP contribution in [-0.4, -0.2) is 17.6 Å². The topological polar surface area (TPSA) is 126 Å². The molecule has 0 saturated carbocycles. The molecule has 0 unspecified atom stereocenters. The third-order valence-electron chi connectivity index (χ3n) is 3.77. The number of ether oxygens (including phenoxy) is 1. The normalized spacial score (nSPS) is 10.4. The number of benzene rings is 3. The number of rotatable bonds is 4. The van der Waals surface area contributed by atoms with Crippen LogP contribution in [0.1, 0.15) is 21.5 Å². The van der Waals surface area contributed by atoms with Crippen LogP contribution < -0.4 is 16.2 Å². The molecule has 0 saturated heterocycles. The lowest BCUT2D eigenvalue weighted by molar-refractivity contribution is 0.0735. The summed E-state index contributed by atoms with van der Waals surface area (Å²) in [4.78, 5) is 12.4. The fourth-order valence-electron chi connectivity index (χ4n) is 2.51. The fourth-order valence-corrected chi connectivity index (χ4v) is 2.51. The molecule has 0 aliphatic heterocycles. The van der Waals surface area contributed by atoms with Gasteiger partial charge in [-0.15, -0.1) is 0 Å². The number of amidine groups is 2. The van der Waals surface area contributed by atoms with Gasteiger partial charge in [-0.2, -0.15) is 0 Å². The lowest BCUT2D eigenvalue weighted by Gasteiger charge is -2.09. The summed E-state index contributed by atoms with van der Waals surface area (Å²) in [5, 5.41) is 16.8. The maximum Gasteiger partial charge on any atom is 0.344 e. The van der Waals surface area contributed by atoms with E-state index in [1.54, 1.807) is 54.6 Å². The Kier molecular flexibility index (Phi) is 4.18. The summed E-state index contributed by atoms with van der Waals surface area (Å²) < 4.78 is 5.42. The second-order valence-corrected chi connectivity index (χ2v) is 5.49. The first-order valence-corrected chi connectivity index (χ1v) is 7.49. The minimum atomic E-state index is -0.578. The number of nitrogen functional groups attached to an aromatic ring is 2. The van der Waals surface area contributed by atoms with Crippen molar-refractivity contribution in [1.29, 1.82) is 10.8 Å². The van der Waals surface area contributed by atoms with Crippen molar-refractivity contribution < 1.29 is 9.53 Å². The van der Waals surface area contributed by atoms with Gasteiger partial charge >= 0.3 is 5.97 Å². The van der Waals surface area contributed by atoms with Gasteiger partial charge in [0.15, 0.2) is 0 Å². The molecule has 0 aliphatic carbocycles. The van der Waals surface area contributed by atoms with Gasteiger partial charge in [0.05, 0.1) is 5.56 Å². The molecule has 0 aromatic heterocycles. The smallest absolute Gasteiger partial charge is 0.344 e. The molecule has 3 rings (SSSR count). The quantitative estimate of drug-likeness (QED) is 0.253. The van der Waals surface area contributed by atoms with Crippen LogP contribution in [0.2, 0.25) is 0 Å². The minimum Gasteiger partial charge on any atom is -0.423 e.